The van der Waals surface area contributed by atoms with Gasteiger partial charge in [-0.1, -0.05) is 19.4 Å². The Labute approximate surface area is 183 Å². The van der Waals surface area contributed by atoms with Crippen molar-refractivity contribution in [3.63, 3.8) is 0 Å². The fourth-order valence-corrected chi connectivity index (χ4v) is 4.18. The Morgan fingerprint density at radius 2 is 2.09 bits per heavy atom. The van der Waals surface area contributed by atoms with E-state index < -0.39 is 11.5 Å². The summed E-state index contributed by atoms with van der Waals surface area (Å²) in [6, 6.07) is 7.92. The zero-order chi connectivity index (χ0) is 22.7. The number of aromatic nitrogens is 5. The molecule has 0 radical (unpaired) electrons. The SMILES string of the molecule is CCCc1c(-c2nc3cc(OC(C)(F)F)cnc3n2C)nn2cc(C3(C#N)CC3)ccc12. The summed E-state index contributed by atoms with van der Waals surface area (Å²) in [6.07, 6.45) is 3.35. The third-order valence-corrected chi connectivity index (χ3v) is 5.94. The molecule has 4 aromatic heterocycles. The minimum atomic E-state index is -3.30. The van der Waals surface area contributed by atoms with Crippen LogP contribution in [0.5, 0.6) is 5.75 Å². The highest BCUT2D eigenvalue weighted by Gasteiger charge is 2.45. The van der Waals surface area contributed by atoms with Gasteiger partial charge in [0, 0.05) is 31.8 Å². The van der Waals surface area contributed by atoms with E-state index in [0.29, 0.717) is 23.9 Å². The number of hydrogen-bond acceptors (Lipinski definition) is 5. The van der Waals surface area contributed by atoms with Crippen molar-refractivity contribution in [2.24, 2.45) is 7.05 Å². The fraction of sp³-hybridized carbons (Fsp3) is 0.391. The van der Waals surface area contributed by atoms with Crippen LogP contribution in [0.15, 0.2) is 30.6 Å². The number of alkyl halides is 2. The summed E-state index contributed by atoms with van der Waals surface area (Å²) >= 11 is 0. The summed E-state index contributed by atoms with van der Waals surface area (Å²) in [5, 5.41) is 14.4. The van der Waals surface area contributed by atoms with Gasteiger partial charge in [0.15, 0.2) is 11.5 Å². The molecule has 1 aliphatic rings. The van der Waals surface area contributed by atoms with Gasteiger partial charge in [-0.3, -0.25) is 0 Å². The molecular weight excluding hydrogens is 414 g/mol. The van der Waals surface area contributed by atoms with Crippen LogP contribution >= 0.6 is 0 Å². The lowest BCUT2D eigenvalue weighted by molar-refractivity contribution is -0.159. The van der Waals surface area contributed by atoms with Crippen molar-refractivity contribution in [2.75, 3.05) is 0 Å². The topological polar surface area (TPSA) is 81.0 Å². The van der Waals surface area contributed by atoms with Gasteiger partial charge in [-0.25, -0.2) is 14.5 Å². The van der Waals surface area contributed by atoms with E-state index in [-0.39, 0.29) is 5.75 Å². The number of rotatable bonds is 6. The van der Waals surface area contributed by atoms with Gasteiger partial charge in [0.1, 0.15) is 17.0 Å². The second-order valence-electron chi connectivity index (χ2n) is 8.44. The van der Waals surface area contributed by atoms with Crippen LogP contribution in [-0.2, 0) is 18.9 Å². The molecule has 0 unspecified atom stereocenters. The number of hydrogen-bond donors (Lipinski definition) is 0. The smallest absolute Gasteiger partial charge is 0.394 e. The zero-order valence-electron chi connectivity index (χ0n) is 18.1. The van der Waals surface area contributed by atoms with Crippen molar-refractivity contribution >= 4 is 16.7 Å². The first kappa shape index (κ1) is 20.4. The molecule has 9 heteroatoms. The molecule has 0 aromatic carbocycles. The molecule has 0 bridgehead atoms. The molecule has 4 heterocycles. The monoisotopic (exact) mass is 436 g/mol. The lowest BCUT2D eigenvalue weighted by Gasteiger charge is -2.12. The molecule has 0 atom stereocenters. The summed E-state index contributed by atoms with van der Waals surface area (Å²) in [4.78, 5) is 8.94. The number of halogens is 2. The quantitative estimate of drug-likeness (QED) is 0.434. The predicted molar refractivity (Wildman–Crippen MR) is 114 cm³/mol. The molecule has 5 rings (SSSR count). The molecule has 0 saturated heterocycles. The van der Waals surface area contributed by atoms with Gasteiger partial charge in [0.25, 0.3) is 0 Å². The average Bonchev–Trinajstić information content (AvgIpc) is 3.38. The highest BCUT2D eigenvalue weighted by atomic mass is 19.3. The minimum absolute atomic E-state index is 0.0469. The first-order valence-corrected chi connectivity index (χ1v) is 10.6. The lowest BCUT2D eigenvalue weighted by atomic mass is 9.99. The maximum atomic E-state index is 13.3. The Hall–Kier alpha value is -3.54. The van der Waals surface area contributed by atoms with Crippen molar-refractivity contribution in [3.05, 3.63) is 41.7 Å². The van der Waals surface area contributed by atoms with Gasteiger partial charge in [-0.15, -0.1) is 0 Å². The van der Waals surface area contributed by atoms with E-state index in [1.54, 1.807) is 0 Å². The third kappa shape index (κ3) is 3.27. The largest absolute Gasteiger partial charge is 0.431 e. The van der Waals surface area contributed by atoms with E-state index in [4.69, 9.17) is 5.10 Å². The highest BCUT2D eigenvalue weighted by Crippen LogP contribution is 2.47. The van der Waals surface area contributed by atoms with E-state index >= 15 is 0 Å². The van der Waals surface area contributed by atoms with Crippen LogP contribution in [0.25, 0.3) is 28.2 Å². The van der Waals surface area contributed by atoms with E-state index in [1.165, 1.54) is 12.3 Å². The maximum absolute atomic E-state index is 13.3. The number of nitriles is 1. The Balaban J connectivity index is 1.65. The molecule has 164 valence electrons. The van der Waals surface area contributed by atoms with Crippen LogP contribution in [0.1, 0.15) is 44.2 Å². The minimum Gasteiger partial charge on any atom is -0.431 e. The van der Waals surface area contributed by atoms with Crippen LogP contribution < -0.4 is 4.74 Å². The molecular formula is C23H22F2N6O. The van der Waals surface area contributed by atoms with Crippen LogP contribution in [0.4, 0.5) is 8.78 Å². The van der Waals surface area contributed by atoms with Crippen LogP contribution in [-0.4, -0.2) is 30.3 Å². The highest BCUT2D eigenvalue weighted by molar-refractivity contribution is 5.80. The Morgan fingerprint density at radius 3 is 2.75 bits per heavy atom. The second-order valence-corrected chi connectivity index (χ2v) is 8.44. The van der Waals surface area contributed by atoms with E-state index in [0.717, 1.165) is 48.0 Å². The van der Waals surface area contributed by atoms with Gasteiger partial charge < -0.3 is 9.30 Å². The molecule has 0 spiro atoms. The molecule has 1 saturated carbocycles. The summed E-state index contributed by atoms with van der Waals surface area (Å²) in [5.41, 5.74) is 4.31. The van der Waals surface area contributed by atoms with E-state index in [2.05, 4.69) is 27.7 Å². The van der Waals surface area contributed by atoms with Crippen molar-refractivity contribution in [3.8, 4) is 23.3 Å². The van der Waals surface area contributed by atoms with Gasteiger partial charge in [0.2, 0.25) is 0 Å². The van der Waals surface area contributed by atoms with Crippen LogP contribution in [0.2, 0.25) is 0 Å². The summed E-state index contributed by atoms with van der Waals surface area (Å²) in [6.45, 7) is 2.78. The Bertz CT molecular complexity index is 1390. The molecule has 0 amide bonds. The average molecular weight is 436 g/mol. The molecule has 0 aliphatic heterocycles. The number of pyridine rings is 2. The van der Waals surface area contributed by atoms with Crippen LogP contribution in [0, 0.1) is 11.3 Å². The van der Waals surface area contributed by atoms with Gasteiger partial charge in [-0.2, -0.15) is 19.1 Å². The van der Waals surface area contributed by atoms with Gasteiger partial charge >= 0.3 is 6.11 Å². The molecule has 1 fully saturated rings. The molecule has 4 aromatic rings. The molecule has 0 N–H and O–H groups in total. The number of imidazole rings is 1. The van der Waals surface area contributed by atoms with Gasteiger partial charge in [0.05, 0.1) is 23.2 Å². The van der Waals surface area contributed by atoms with Crippen LogP contribution in [0.3, 0.4) is 0 Å². The Kier molecular flexibility index (Phi) is 4.45. The second kappa shape index (κ2) is 6.99. The standard InChI is InChI=1S/C23H22F2N6O/c1-4-5-16-18-7-6-14(23(13-26)8-9-23)12-31(18)29-19(16)21-28-17-10-15(32-22(2,24)25)11-27-20(17)30(21)3/h6-7,10-12H,4-5,8-9H2,1-3H3. The van der Waals surface area contributed by atoms with Crippen molar-refractivity contribution in [1.29, 1.82) is 5.26 Å². The predicted octanol–water partition coefficient (Wildman–Crippen LogP) is 4.78. The maximum Gasteiger partial charge on any atom is 0.394 e. The normalized spacial score (nSPS) is 15.2. The third-order valence-electron chi connectivity index (χ3n) is 5.94. The zero-order valence-corrected chi connectivity index (χ0v) is 18.1. The van der Waals surface area contributed by atoms with Gasteiger partial charge in [-0.05, 0) is 30.9 Å². The number of ether oxygens (including phenoxy) is 1. The molecule has 1 aliphatic carbocycles. The molecule has 7 nitrogen and oxygen atoms in total. The fourth-order valence-electron chi connectivity index (χ4n) is 4.18. The molecule has 32 heavy (non-hydrogen) atoms. The number of aryl methyl sites for hydroxylation is 2. The van der Waals surface area contributed by atoms with E-state index in [9.17, 15) is 14.0 Å². The first-order valence-electron chi connectivity index (χ1n) is 10.6. The van der Waals surface area contributed by atoms with Crippen molar-refractivity contribution < 1.29 is 13.5 Å². The first-order chi connectivity index (χ1) is 15.2. The van der Waals surface area contributed by atoms with Crippen molar-refractivity contribution in [1.82, 2.24) is 24.1 Å². The number of fused-ring (bicyclic) bond motifs is 2. The van der Waals surface area contributed by atoms with E-state index in [1.807, 2.05) is 34.5 Å². The number of nitrogens with zero attached hydrogens (tertiary/aromatic N) is 6. The summed E-state index contributed by atoms with van der Waals surface area (Å²) in [7, 11) is 1.83. The lowest BCUT2D eigenvalue weighted by Crippen LogP contribution is -2.19. The summed E-state index contributed by atoms with van der Waals surface area (Å²) in [5.74, 6) is 0.553. The summed E-state index contributed by atoms with van der Waals surface area (Å²) < 4.78 is 34.8. The Morgan fingerprint density at radius 1 is 1.31 bits per heavy atom. The van der Waals surface area contributed by atoms with Crippen molar-refractivity contribution in [2.45, 2.75) is 51.1 Å².